The molecule has 0 aromatic heterocycles. The number of esters is 4. The van der Waals surface area contributed by atoms with Crippen LogP contribution < -0.4 is 11.5 Å². The second-order valence-electron chi connectivity index (χ2n) is 10.2. The standard InChI is InChI=1S/2C9H12O6.2C7H9N.2C2H6.2BH4/c2*1-9(2)14-7(11)6(8(12)15-9)5(10)4-13-3;2*8-6-7-4-2-1-3-5-7;2*1-2;;/h2*10H,4H2,1-3H3;2*1-5H,6,8H2;2*1-2H3;2*1H4/q;;;;;;2*-1. The molecule has 2 saturated heterocycles. The smallest absolute Gasteiger partial charge is 0.352 e. The van der Waals surface area contributed by atoms with Crippen LogP contribution in [0.4, 0.5) is 0 Å². The number of aliphatic hydroxyl groups is 2. The summed E-state index contributed by atoms with van der Waals surface area (Å²) in [4.78, 5) is 45.4. The highest BCUT2D eigenvalue weighted by molar-refractivity contribution is 6.16. The van der Waals surface area contributed by atoms with Crippen molar-refractivity contribution >= 4 is 40.7 Å². The molecule has 16 heteroatoms. The molecular formula is C36H62B2N2O12-2. The van der Waals surface area contributed by atoms with Crippen LogP contribution in [0, 0.1) is 0 Å². The van der Waals surface area contributed by atoms with Crippen molar-refractivity contribution in [1.29, 1.82) is 0 Å². The molecule has 4 rings (SSSR count). The van der Waals surface area contributed by atoms with Crippen molar-refractivity contribution in [1.82, 2.24) is 0 Å². The molecule has 0 saturated carbocycles. The minimum atomic E-state index is -1.30. The lowest BCUT2D eigenvalue weighted by Crippen LogP contribution is -2.42. The van der Waals surface area contributed by atoms with E-state index in [1.54, 1.807) is 0 Å². The Morgan fingerprint density at radius 1 is 0.558 bits per heavy atom. The normalized spacial score (nSPS) is 14.3. The van der Waals surface area contributed by atoms with E-state index in [1.807, 2.05) is 88.4 Å². The molecule has 0 aliphatic carbocycles. The van der Waals surface area contributed by atoms with Gasteiger partial charge in [-0.2, -0.15) is 0 Å². The van der Waals surface area contributed by atoms with Crippen LogP contribution in [0.5, 0.6) is 0 Å². The van der Waals surface area contributed by atoms with Crippen LogP contribution in [0.2, 0.25) is 0 Å². The zero-order valence-corrected chi connectivity index (χ0v) is 30.7. The molecule has 2 aromatic rings. The van der Waals surface area contributed by atoms with Crippen molar-refractivity contribution in [3.8, 4) is 0 Å². The van der Waals surface area contributed by atoms with Gasteiger partial charge in [0.1, 0.15) is 24.7 Å². The SMILES string of the molecule is CC.CC.COCC(O)=C1C(=O)OC(C)(C)OC1=O.COCC(O)=C1C(=O)OC(C)(C)OC1=O.NCc1ccccc1.NCc1ccccc1.[BH4-].[BH4-]. The summed E-state index contributed by atoms with van der Waals surface area (Å²) < 4.78 is 28.2. The van der Waals surface area contributed by atoms with Crippen LogP contribution in [0.15, 0.2) is 83.3 Å². The quantitative estimate of drug-likeness (QED) is 0.110. The first-order chi connectivity index (χ1) is 23.6. The Labute approximate surface area is 311 Å². The Kier molecular flexibility index (Phi) is 30.2. The minimum Gasteiger partial charge on any atom is -0.509 e. The van der Waals surface area contributed by atoms with Gasteiger partial charge in [-0.3, -0.25) is 0 Å². The molecule has 0 spiro atoms. The molecule has 6 N–H and O–H groups in total. The fraction of sp³-hybridized carbons (Fsp3) is 0.444. The number of methoxy groups -OCH3 is 2. The van der Waals surface area contributed by atoms with E-state index >= 15 is 0 Å². The number of aliphatic hydroxyl groups excluding tert-OH is 2. The van der Waals surface area contributed by atoms with Gasteiger partial charge in [0.2, 0.25) is 0 Å². The van der Waals surface area contributed by atoms with E-state index in [0.717, 1.165) is 0 Å². The Morgan fingerprint density at radius 2 is 0.788 bits per heavy atom. The molecule has 0 radical (unpaired) electrons. The zero-order chi connectivity index (χ0) is 38.9. The van der Waals surface area contributed by atoms with E-state index in [1.165, 1.54) is 53.0 Å². The Bertz CT molecular complexity index is 1230. The lowest BCUT2D eigenvalue weighted by molar-refractivity contribution is -0.224. The summed E-state index contributed by atoms with van der Waals surface area (Å²) in [6.45, 7) is 14.5. The van der Waals surface area contributed by atoms with Crippen molar-refractivity contribution in [3.63, 3.8) is 0 Å². The predicted molar refractivity (Wildman–Crippen MR) is 210 cm³/mol. The number of ether oxygens (including phenoxy) is 6. The number of hydrogen-bond acceptors (Lipinski definition) is 14. The van der Waals surface area contributed by atoms with Crippen LogP contribution >= 0.6 is 0 Å². The number of benzene rings is 2. The first kappa shape index (κ1) is 54.1. The second kappa shape index (κ2) is 29.0. The van der Waals surface area contributed by atoms with Gasteiger partial charge in [-0.1, -0.05) is 105 Å². The monoisotopic (exact) mass is 736 g/mol. The lowest BCUT2D eigenvalue weighted by atomic mass is 10.2. The minimum absolute atomic E-state index is 0. The second-order valence-corrected chi connectivity index (χ2v) is 10.2. The first-order valence-corrected chi connectivity index (χ1v) is 15.8. The van der Waals surface area contributed by atoms with Gasteiger partial charge in [-0.15, -0.1) is 0 Å². The highest BCUT2D eigenvalue weighted by Gasteiger charge is 2.42. The third kappa shape index (κ3) is 20.9. The van der Waals surface area contributed by atoms with E-state index in [0.29, 0.717) is 13.1 Å². The molecule has 0 bridgehead atoms. The summed E-state index contributed by atoms with van der Waals surface area (Å²) in [5, 5.41) is 18.7. The van der Waals surface area contributed by atoms with Gasteiger partial charge < -0.3 is 50.1 Å². The maximum Gasteiger partial charge on any atom is 0.352 e. The number of carbonyl (C=O) groups is 4. The topological polar surface area (TPSA) is 216 Å². The van der Waals surface area contributed by atoms with E-state index in [9.17, 15) is 29.4 Å². The van der Waals surface area contributed by atoms with Gasteiger partial charge in [-0.25, -0.2) is 19.2 Å². The fourth-order valence-corrected chi connectivity index (χ4v) is 3.42. The third-order valence-corrected chi connectivity index (χ3v) is 5.47. The highest BCUT2D eigenvalue weighted by Crippen LogP contribution is 2.25. The van der Waals surface area contributed by atoms with Crippen LogP contribution in [-0.2, 0) is 60.7 Å². The molecule has 2 aromatic carbocycles. The summed E-state index contributed by atoms with van der Waals surface area (Å²) in [6, 6.07) is 20.0. The average Bonchev–Trinajstić information content (AvgIpc) is 3.06. The molecule has 52 heavy (non-hydrogen) atoms. The van der Waals surface area contributed by atoms with Crippen molar-refractivity contribution in [2.75, 3.05) is 27.4 Å². The number of nitrogens with two attached hydrogens (primary N) is 2. The number of hydrogen-bond donors (Lipinski definition) is 4. The summed E-state index contributed by atoms with van der Waals surface area (Å²) in [5.74, 6) is -7.24. The average molecular weight is 737 g/mol. The summed E-state index contributed by atoms with van der Waals surface area (Å²) in [6.07, 6.45) is 0. The van der Waals surface area contributed by atoms with Gasteiger partial charge in [0, 0.05) is 55.0 Å². The number of cyclic esters (lactones) is 4. The summed E-state index contributed by atoms with van der Waals surface area (Å²) in [5.41, 5.74) is 12.0. The van der Waals surface area contributed by atoms with Gasteiger partial charge in [-0.05, 0) is 11.1 Å². The molecule has 14 nitrogen and oxygen atoms in total. The summed E-state index contributed by atoms with van der Waals surface area (Å²) >= 11 is 0. The van der Waals surface area contributed by atoms with Crippen LogP contribution in [0.3, 0.4) is 0 Å². The van der Waals surface area contributed by atoms with Crippen molar-refractivity contribution in [2.45, 2.75) is 80.1 Å². The van der Waals surface area contributed by atoms with E-state index in [-0.39, 0.29) is 30.0 Å². The maximum atomic E-state index is 11.3. The van der Waals surface area contributed by atoms with Crippen LogP contribution in [0.25, 0.3) is 0 Å². The van der Waals surface area contributed by atoms with Crippen molar-refractivity contribution in [3.05, 3.63) is 94.5 Å². The van der Waals surface area contributed by atoms with Gasteiger partial charge in [0.15, 0.2) is 11.1 Å². The lowest BCUT2D eigenvalue weighted by Gasteiger charge is -2.30. The van der Waals surface area contributed by atoms with Gasteiger partial charge in [0.05, 0.1) is 0 Å². The van der Waals surface area contributed by atoms with Gasteiger partial charge >= 0.3 is 23.9 Å². The zero-order valence-electron chi connectivity index (χ0n) is 30.7. The van der Waals surface area contributed by atoms with Crippen molar-refractivity contribution in [2.24, 2.45) is 11.5 Å². The van der Waals surface area contributed by atoms with Gasteiger partial charge in [0.25, 0.3) is 11.6 Å². The molecule has 0 atom stereocenters. The molecule has 2 fully saturated rings. The van der Waals surface area contributed by atoms with Crippen LogP contribution in [-0.4, -0.2) is 89.9 Å². The first-order valence-electron chi connectivity index (χ1n) is 15.8. The van der Waals surface area contributed by atoms with E-state index in [4.69, 9.17) is 30.4 Å². The molecule has 2 aliphatic rings. The molecule has 2 aliphatic heterocycles. The van der Waals surface area contributed by atoms with E-state index in [2.05, 4.69) is 9.47 Å². The third-order valence-electron chi connectivity index (χ3n) is 5.47. The largest absolute Gasteiger partial charge is 0.509 e. The molecule has 0 unspecified atom stereocenters. The maximum absolute atomic E-state index is 11.3. The predicted octanol–water partition coefficient (Wildman–Crippen LogP) is 2.00. The van der Waals surface area contributed by atoms with Crippen molar-refractivity contribution < 1.29 is 57.8 Å². The molecule has 296 valence electrons. The molecule has 0 amide bonds. The highest BCUT2D eigenvalue weighted by atomic mass is 16.8. The molecular weight excluding hydrogens is 674 g/mol. The number of rotatable bonds is 6. The Balaban J connectivity index is -0.000000291. The Morgan fingerprint density at radius 3 is 0.962 bits per heavy atom. The van der Waals surface area contributed by atoms with Crippen LogP contribution in [0.1, 0.15) is 66.5 Å². The molecule has 2 heterocycles. The summed E-state index contributed by atoms with van der Waals surface area (Å²) in [7, 11) is 2.64. The fourth-order valence-electron chi connectivity index (χ4n) is 3.42. The van der Waals surface area contributed by atoms with E-state index < -0.39 is 58.1 Å². The number of carbonyl (C=O) groups excluding carboxylic acids is 4. The Hall–Kier alpha value is -4.63.